The zero-order valence-corrected chi connectivity index (χ0v) is 12.3. The highest BCUT2D eigenvalue weighted by molar-refractivity contribution is 5.73. The minimum atomic E-state index is 0.494. The van der Waals surface area contributed by atoms with E-state index in [-0.39, 0.29) is 0 Å². The molecule has 1 aromatic carbocycles. The first-order valence-electron chi connectivity index (χ1n) is 7.14. The van der Waals surface area contributed by atoms with E-state index in [2.05, 4.69) is 17.6 Å². The van der Waals surface area contributed by atoms with Crippen molar-refractivity contribution in [3.8, 4) is 23.1 Å². The van der Waals surface area contributed by atoms with Crippen molar-refractivity contribution >= 4 is 5.82 Å². The molecular formula is C16H18N4O. The minimum absolute atomic E-state index is 0.494. The lowest BCUT2D eigenvalue weighted by Crippen LogP contribution is -2.04. The van der Waals surface area contributed by atoms with Crippen LogP contribution in [-0.4, -0.2) is 16.7 Å². The molecule has 5 nitrogen and oxygen atoms in total. The highest BCUT2D eigenvalue weighted by Crippen LogP contribution is 2.42. The van der Waals surface area contributed by atoms with Crippen LogP contribution in [0.25, 0.3) is 11.3 Å². The molecule has 0 spiro atoms. The molecule has 0 atom stereocenters. The molecule has 0 radical (unpaired) electrons. The van der Waals surface area contributed by atoms with E-state index >= 15 is 0 Å². The highest BCUT2D eigenvalue weighted by Gasteiger charge is 2.30. The first-order chi connectivity index (χ1) is 10.2. The van der Waals surface area contributed by atoms with E-state index in [9.17, 15) is 5.26 Å². The van der Waals surface area contributed by atoms with Gasteiger partial charge in [0.25, 0.3) is 0 Å². The molecule has 1 aliphatic rings. The molecule has 1 saturated carbocycles. The van der Waals surface area contributed by atoms with Gasteiger partial charge in [0.05, 0.1) is 12.7 Å². The largest absolute Gasteiger partial charge is 0.495 e. The van der Waals surface area contributed by atoms with E-state index in [4.69, 9.17) is 15.5 Å². The molecular weight excluding hydrogens is 264 g/mol. The Bertz CT molecular complexity index is 723. The van der Waals surface area contributed by atoms with Gasteiger partial charge >= 0.3 is 0 Å². The molecule has 21 heavy (non-hydrogen) atoms. The van der Waals surface area contributed by atoms with Crippen molar-refractivity contribution in [1.82, 2.24) is 9.55 Å². The van der Waals surface area contributed by atoms with Crippen molar-refractivity contribution in [1.29, 1.82) is 5.26 Å². The number of imidazole rings is 1. The Hall–Kier alpha value is -2.48. The van der Waals surface area contributed by atoms with E-state index in [0.29, 0.717) is 23.0 Å². The number of methoxy groups -OCH3 is 1. The molecule has 3 rings (SSSR count). The summed E-state index contributed by atoms with van der Waals surface area (Å²) < 4.78 is 7.25. The van der Waals surface area contributed by atoms with Crippen LogP contribution in [0.4, 0.5) is 5.82 Å². The molecule has 2 aromatic rings. The smallest absolute Gasteiger partial charge is 0.136 e. The maximum Gasteiger partial charge on any atom is 0.136 e. The first-order valence-corrected chi connectivity index (χ1v) is 7.14. The lowest BCUT2D eigenvalue weighted by atomic mass is 10.1. The quantitative estimate of drug-likeness (QED) is 0.935. The summed E-state index contributed by atoms with van der Waals surface area (Å²) in [4.78, 5) is 4.73. The van der Waals surface area contributed by atoms with E-state index in [1.165, 1.54) is 12.8 Å². The summed E-state index contributed by atoms with van der Waals surface area (Å²) in [6.07, 6.45) is 2.36. The van der Waals surface area contributed by atoms with Gasteiger partial charge in [0, 0.05) is 18.0 Å². The zero-order valence-electron chi connectivity index (χ0n) is 12.3. The predicted molar refractivity (Wildman–Crippen MR) is 81.0 cm³/mol. The standard InChI is InChI=1S/C16H18N4O/c1-3-20-15(18)14(19-16(20)10-4-5-10)11-6-7-13(21-2)12(8-11)9-17/h6-8,10H,3-5,18H2,1-2H3. The Labute approximate surface area is 124 Å². The van der Waals surface area contributed by atoms with Gasteiger partial charge in [-0.15, -0.1) is 0 Å². The number of ether oxygens (including phenoxy) is 1. The monoisotopic (exact) mass is 282 g/mol. The fraction of sp³-hybridized carbons (Fsp3) is 0.375. The van der Waals surface area contributed by atoms with Crippen molar-refractivity contribution in [2.75, 3.05) is 12.8 Å². The van der Waals surface area contributed by atoms with Crippen molar-refractivity contribution in [2.24, 2.45) is 0 Å². The van der Waals surface area contributed by atoms with Gasteiger partial charge in [-0.05, 0) is 38.0 Å². The van der Waals surface area contributed by atoms with Crippen LogP contribution in [0.15, 0.2) is 18.2 Å². The lowest BCUT2D eigenvalue weighted by Gasteiger charge is -2.06. The highest BCUT2D eigenvalue weighted by atomic mass is 16.5. The number of benzene rings is 1. The van der Waals surface area contributed by atoms with Gasteiger partial charge in [-0.2, -0.15) is 5.26 Å². The molecule has 1 heterocycles. The summed E-state index contributed by atoms with van der Waals surface area (Å²) >= 11 is 0. The average molecular weight is 282 g/mol. The Morgan fingerprint density at radius 2 is 2.24 bits per heavy atom. The van der Waals surface area contributed by atoms with Gasteiger partial charge in [-0.1, -0.05) is 0 Å². The molecule has 108 valence electrons. The van der Waals surface area contributed by atoms with Crippen LogP contribution in [0.3, 0.4) is 0 Å². The Morgan fingerprint density at radius 1 is 1.48 bits per heavy atom. The third kappa shape index (κ3) is 2.23. The second-order valence-electron chi connectivity index (χ2n) is 5.25. The SMILES string of the molecule is CCn1c(C2CC2)nc(-c2ccc(OC)c(C#N)c2)c1N. The fourth-order valence-electron chi connectivity index (χ4n) is 2.62. The summed E-state index contributed by atoms with van der Waals surface area (Å²) in [5, 5.41) is 9.21. The number of rotatable bonds is 4. The van der Waals surface area contributed by atoms with E-state index in [1.807, 2.05) is 6.07 Å². The molecule has 5 heteroatoms. The van der Waals surface area contributed by atoms with Crippen LogP contribution in [0, 0.1) is 11.3 Å². The number of nitrogen functional groups attached to an aromatic ring is 1. The molecule has 1 fully saturated rings. The number of aromatic nitrogens is 2. The van der Waals surface area contributed by atoms with Crippen molar-refractivity contribution in [3.63, 3.8) is 0 Å². The summed E-state index contributed by atoms with van der Waals surface area (Å²) in [5.74, 6) is 2.85. The predicted octanol–water partition coefficient (Wildman–Crippen LogP) is 2.91. The Kier molecular flexibility index (Phi) is 3.30. The van der Waals surface area contributed by atoms with Gasteiger partial charge < -0.3 is 15.0 Å². The van der Waals surface area contributed by atoms with Crippen molar-refractivity contribution < 1.29 is 4.74 Å². The van der Waals surface area contributed by atoms with Gasteiger partial charge in [0.2, 0.25) is 0 Å². The second-order valence-corrected chi connectivity index (χ2v) is 5.25. The fourth-order valence-corrected chi connectivity index (χ4v) is 2.62. The number of nitrogens with two attached hydrogens (primary N) is 1. The molecule has 0 unspecified atom stereocenters. The molecule has 2 N–H and O–H groups in total. The van der Waals surface area contributed by atoms with Crippen molar-refractivity contribution in [3.05, 3.63) is 29.6 Å². The van der Waals surface area contributed by atoms with Crippen LogP contribution in [-0.2, 0) is 6.54 Å². The average Bonchev–Trinajstić information content (AvgIpc) is 3.30. The van der Waals surface area contributed by atoms with Crippen LogP contribution >= 0.6 is 0 Å². The van der Waals surface area contributed by atoms with Crippen LogP contribution in [0.2, 0.25) is 0 Å². The summed E-state index contributed by atoms with van der Waals surface area (Å²) in [5.41, 5.74) is 8.38. The normalized spacial score (nSPS) is 14.0. The topological polar surface area (TPSA) is 76.9 Å². The molecule has 0 bridgehead atoms. The third-order valence-electron chi connectivity index (χ3n) is 3.89. The Balaban J connectivity index is 2.10. The van der Waals surface area contributed by atoms with Gasteiger partial charge in [0.1, 0.15) is 29.2 Å². The van der Waals surface area contributed by atoms with E-state index in [1.54, 1.807) is 19.2 Å². The van der Waals surface area contributed by atoms with Crippen LogP contribution in [0.5, 0.6) is 5.75 Å². The maximum absolute atomic E-state index is 9.21. The van der Waals surface area contributed by atoms with Crippen LogP contribution < -0.4 is 10.5 Å². The summed E-state index contributed by atoms with van der Waals surface area (Å²) in [6, 6.07) is 7.62. The molecule has 0 amide bonds. The van der Waals surface area contributed by atoms with E-state index in [0.717, 1.165) is 23.6 Å². The molecule has 1 aliphatic carbocycles. The second kappa shape index (κ2) is 5.13. The van der Waals surface area contributed by atoms with E-state index < -0.39 is 0 Å². The zero-order chi connectivity index (χ0) is 15.0. The molecule has 0 aliphatic heterocycles. The summed E-state index contributed by atoms with van der Waals surface area (Å²) in [6.45, 7) is 2.88. The lowest BCUT2D eigenvalue weighted by molar-refractivity contribution is 0.413. The third-order valence-corrected chi connectivity index (χ3v) is 3.89. The number of nitrogens with zero attached hydrogens (tertiary/aromatic N) is 3. The van der Waals surface area contributed by atoms with Gasteiger partial charge in [-0.25, -0.2) is 4.98 Å². The maximum atomic E-state index is 9.21. The van der Waals surface area contributed by atoms with Gasteiger partial charge in [0.15, 0.2) is 0 Å². The number of hydrogen-bond donors (Lipinski definition) is 1. The number of hydrogen-bond acceptors (Lipinski definition) is 4. The number of anilines is 1. The van der Waals surface area contributed by atoms with Gasteiger partial charge in [-0.3, -0.25) is 0 Å². The Morgan fingerprint density at radius 3 is 2.81 bits per heavy atom. The summed E-state index contributed by atoms with van der Waals surface area (Å²) in [7, 11) is 1.56. The minimum Gasteiger partial charge on any atom is -0.495 e. The van der Waals surface area contributed by atoms with Crippen LogP contribution in [0.1, 0.15) is 37.1 Å². The molecule has 1 aromatic heterocycles. The number of nitriles is 1. The van der Waals surface area contributed by atoms with Crippen molar-refractivity contribution in [2.45, 2.75) is 32.2 Å². The first kappa shape index (κ1) is 13.5. The molecule has 0 saturated heterocycles.